The van der Waals surface area contributed by atoms with E-state index in [1.165, 1.54) is 0 Å². The van der Waals surface area contributed by atoms with E-state index in [0.29, 0.717) is 5.02 Å². The lowest BCUT2D eigenvalue weighted by atomic mass is 9.81. The molecule has 132 valence electrons. The summed E-state index contributed by atoms with van der Waals surface area (Å²) >= 11 is 9.48. The molecule has 1 aliphatic heterocycles. The number of carbonyl (C=O) groups excluding carboxylic acids is 1. The highest BCUT2D eigenvalue weighted by molar-refractivity contribution is 9.10. The van der Waals surface area contributed by atoms with Crippen LogP contribution < -0.4 is 5.32 Å². The van der Waals surface area contributed by atoms with Crippen LogP contribution in [0, 0.1) is 0 Å². The first-order valence-electron chi connectivity index (χ1n) is 8.30. The number of hydrogen-bond acceptors (Lipinski definition) is 2. The lowest BCUT2D eigenvalue weighted by Crippen LogP contribution is -2.50. The summed E-state index contributed by atoms with van der Waals surface area (Å²) in [6, 6.07) is 15.9. The van der Waals surface area contributed by atoms with Crippen LogP contribution in [0.1, 0.15) is 50.0 Å². The van der Waals surface area contributed by atoms with Crippen molar-refractivity contribution in [3.63, 3.8) is 0 Å². The molecule has 1 N–H and O–H groups in total. The fraction of sp³-hybridized carbons (Fsp3) is 0.350. The van der Waals surface area contributed by atoms with Crippen LogP contribution in [0.5, 0.6) is 0 Å². The smallest absolute Gasteiger partial charge is 0.217 e. The summed E-state index contributed by atoms with van der Waals surface area (Å²) in [7, 11) is 0. The monoisotopic (exact) mass is 421 g/mol. The van der Waals surface area contributed by atoms with E-state index in [0.717, 1.165) is 28.4 Å². The molecule has 3 rings (SSSR count). The molecule has 1 saturated heterocycles. The minimum absolute atomic E-state index is 0.0196. The molecule has 1 heterocycles. The minimum atomic E-state index is -0.327. The molecule has 2 aromatic carbocycles. The average Bonchev–Trinajstić information content (AvgIpc) is 2.54. The van der Waals surface area contributed by atoms with Crippen LogP contribution in [0.15, 0.2) is 53.0 Å². The van der Waals surface area contributed by atoms with E-state index >= 15 is 0 Å². The van der Waals surface area contributed by atoms with Gasteiger partial charge < -0.3 is 10.1 Å². The predicted octanol–water partition coefficient (Wildman–Crippen LogP) is 5.59. The van der Waals surface area contributed by atoms with Gasteiger partial charge >= 0.3 is 0 Å². The van der Waals surface area contributed by atoms with E-state index in [-0.39, 0.29) is 23.7 Å². The minimum Gasteiger partial charge on any atom is -0.365 e. The number of halogens is 2. The number of carbonyl (C=O) groups is 1. The number of hydrogen-bond donors (Lipinski definition) is 1. The summed E-state index contributed by atoms with van der Waals surface area (Å²) in [5.74, 6) is -0.0196. The number of rotatable bonds is 3. The van der Waals surface area contributed by atoms with Crippen LogP contribution in [-0.2, 0) is 9.53 Å². The van der Waals surface area contributed by atoms with Crippen molar-refractivity contribution in [2.24, 2.45) is 0 Å². The SMILES string of the molecule is CC(=O)N[C@@]1(C)C[C@@H](c2ccc(Cl)cc2)O[C@@H](c2ccc(Br)cc2)C1. The van der Waals surface area contributed by atoms with Crippen molar-refractivity contribution < 1.29 is 9.53 Å². The molecule has 0 aliphatic carbocycles. The fourth-order valence-corrected chi connectivity index (χ4v) is 3.86. The zero-order chi connectivity index (χ0) is 18.0. The van der Waals surface area contributed by atoms with Crippen molar-refractivity contribution in [1.29, 1.82) is 0 Å². The van der Waals surface area contributed by atoms with Crippen molar-refractivity contribution in [2.75, 3.05) is 0 Å². The van der Waals surface area contributed by atoms with Gasteiger partial charge in [-0.3, -0.25) is 4.79 Å². The van der Waals surface area contributed by atoms with E-state index in [2.05, 4.69) is 40.3 Å². The highest BCUT2D eigenvalue weighted by Gasteiger charge is 2.39. The topological polar surface area (TPSA) is 38.3 Å². The van der Waals surface area contributed by atoms with Gasteiger partial charge in [0.05, 0.1) is 12.2 Å². The van der Waals surface area contributed by atoms with E-state index in [1.807, 2.05) is 36.4 Å². The third-order valence-corrected chi connectivity index (χ3v) is 5.34. The van der Waals surface area contributed by atoms with Crippen molar-refractivity contribution in [1.82, 2.24) is 5.32 Å². The first kappa shape index (κ1) is 18.4. The Balaban J connectivity index is 1.91. The highest BCUT2D eigenvalue weighted by atomic mass is 79.9. The van der Waals surface area contributed by atoms with Crippen LogP contribution in [0.2, 0.25) is 5.02 Å². The molecule has 3 nitrogen and oxygen atoms in total. The Morgan fingerprint density at radius 3 is 2.04 bits per heavy atom. The third kappa shape index (κ3) is 4.63. The zero-order valence-electron chi connectivity index (χ0n) is 14.3. The van der Waals surface area contributed by atoms with Gasteiger partial charge in [-0.25, -0.2) is 0 Å². The van der Waals surface area contributed by atoms with E-state index in [1.54, 1.807) is 6.92 Å². The summed E-state index contributed by atoms with van der Waals surface area (Å²) in [5.41, 5.74) is 1.85. The molecule has 1 aliphatic rings. The Morgan fingerprint density at radius 2 is 1.56 bits per heavy atom. The zero-order valence-corrected chi connectivity index (χ0v) is 16.6. The Morgan fingerprint density at radius 1 is 1.08 bits per heavy atom. The summed E-state index contributed by atoms with van der Waals surface area (Å²) in [6.07, 6.45) is 1.27. The van der Waals surface area contributed by atoms with Crippen LogP contribution in [0.3, 0.4) is 0 Å². The van der Waals surface area contributed by atoms with E-state index in [4.69, 9.17) is 16.3 Å². The molecule has 0 saturated carbocycles. The standard InChI is InChI=1S/C20H21BrClNO2/c1-13(24)23-20(2)11-18(14-3-7-16(21)8-4-14)25-19(12-20)15-5-9-17(22)10-6-15/h3-10,18-19H,11-12H2,1-2H3,(H,23,24)/t18-,19+,20-/m1/s1. The predicted molar refractivity (Wildman–Crippen MR) is 104 cm³/mol. The molecular weight excluding hydrogens is 402 g/mol. The quantitative estimate of drug-likeness (QED) is 0.700. The Labute approximate surface area is 161 Å². The van der Waals surface area contributed by atoms with Crippen LogP contribution in [0.25, 0.3) is 0 Å². The molecule has 0 aromatic heterocycles. The maximum absolute atomic E-state index is 11.7. The molecular formula is C20H21BrClNO2. The maximum Gasteiger partial charge on any atom is 0.217 e. The number of ether oxygens (including phenoxy) is 1. The Kier molecular flexibility index (Phi) is 5.52. The van der Waals surface area contributed by atoms with Gasteiger partial charge in [-0.05, 0) is 42.3 Å². The molecule has 1 fully saturated rings. The van der Waals surface area contributed by atoms with Crippen molar-refractivity contribution in [2.45, 2.75) is 44.4 Å². The van der Waals surface area contributed by atoms with Crippen LogP contribution >= 0.6 is 27.5 Å². The molecule has 3 atom stereocenters. The fourth-order valence-electron chi connectivity index (χ4n) is 3.47. The van der Waals surface area contributed by atoms with Gasteiger partial charge in [0, 0.05) is 34.8 Å². The second-order valence-corrected chi connectivity index (χ2v) is 8.22. The second kappa shape index (κ2) is 7.48. The van der Waals surface area contributed by atoms with Gasteiger partial charge in [-0.1, -0.05) is 51.8 Å². The van der Waals surface area contributed by atoms with Gasteiger partial charge in [0.1, 0.15) is 0 Å². The van der Waals surface area contributed by atoms with Gasteiger partial charge in [-0.15, -0.1) is 0 Å². The second-order valence-electron chi connectivity index (χ2n) is 6.87. The molecule has 0 bridgehead atoms. The maximum atomic E-state index is 11.7. The molecule has 1 amide bonds. The molecule has 0 radical (unpaired) electrons. The number of nitrogens with one attached hydrogen (secondary N) is 1. The van der Waals surface area contributed by atoms with Crippen molar-refractivity contribution in [3.8, 4) is 0 Å². The molecule has 5 heteroatoms. The van der Waals surface area contributed by atoms with Crippen LogP contribution in [-0.4, -0.2) is 11.4 Å². The van der Waals surface area contributed by atoms with E-state index in [9.17, 15) is 4.79 Å². The van der Waals surface area contributed by atoms with Gasteiger partial charge in [0.15, 0.2) is 0 Å². The Bertz CT molecular complexity index is 692. The first-order chi connectivity index (χ1) is 11.8. The van der Waals surface area contributed by atoms with Crippen molar-refractivity contribution >= 4 is 33.4 Å². The van der Waals surface area contributed by atoms with Gasteiger partial charge in [0.25, 0.3) is 0 Å². The van der Waals surface area contributed by atoms with Gasteiger partial charge in [-0.2, -0.15) is 0 Å². The molecule has 25 heavy (non-hydrogen) atoms. The average molecular weight is 423 g/mol. The largest absolute Gasteiger partial charge is 0.365 e. The van der Waals surface area contributed by atoms with Crippen molar-refractivity contribution in [3.05, 3.63) is 69.2 Å². The first-order valence-corrected chi connectivity index (χ1v) is 9.47. The van der Waals surface area contributed by atoms with E-state index < -0.39 is 0 Å². The summed E-state index contributed by atoms with van der Waals surface area (Å²) in [6.45, 7) is 3.65. The lowest BCUT2D eigenvalue weighted by molar-refractivity contribution is -0.126. The number of benzene rings is 2. The molecule has 0 spiro atoms. The molecule has 0 unspecified atom stereocenters. The Hall–Kier alpha value is -1.36. The molecule has 2 aromatic rings. The number of amides is 1. The summed E-state index contributed by atoms with van der Waals surface area (Å²) in [4.78, 5) is 11.7. The lowest BCUT2D eigenvalue weighted by Gasteiger charge is -2.43. The summed E-state index contributed by atoms with van der Waals surface area (Å²) < 4.78 is 7.44. The highest BCUT2D eigenvalue weighted by Crippen LogP contribution is 2.43. The summed E-state index contributed by atoms with van der Waals surface area (Å²) in [5, 5.41) is 3.83. The van der Waals surface area contributed by atoms with Crippen LogP contribution in [0.4, 0.5) is 0 Å². The normalized spacial score (nSPS) is 26.2. The van der Waals surface area contributed by atoms with Gasteiger partial charge in [0.2, 0.25) is 5.91 Å². The third-order valence-electron chi connectivity index (χ3n) is 4.56.